The molecule has 0 amide bonds. The van der Waals surface area contributed by atoms with Gasteiger partial charge in [0.25, 0.3) is 0 Å². The zero-order valence-corrected chi connectivity index (χ0v) is 8.66. The molecular formula is C10H11F3N2O2. The summed E-state index contributed by atoms with van der Waals surface area (Å²) in [6.07, 6.45) is 1.26. The number of anilines is 1. The fraction of sp³-hybridized carbons (Fsp3) is 0.200. The summed E-state index contributed by atoms with van der Waals surface area (Å²) in [7, 11) is 0. The molecule has 1 rings (SSSR count). The lowest BCUT2D eigenvalue weighted by Crippen LogP contribution is -2.06. The molecule has 17 heavy (non-hydrogen) atoms. The van der Waals surface area contributed by atoms with E-state index in [-0.39, 0.29) is 12.3 Å². The topological polar surface area (TPSA) is 67.5 Å². The van der Waals surface area contributed by atoms with Crippen LogP contribution in [-0.4, -0.2) is 18.3 Å². The number of benzene rings is 1. The standard InChI is InChI=1S/C10H11F3N2O2/c11-8-2-1-7(15-4-6(14)5-16)3-9(8)17-10(12)13/h1-4,10,15-16H,5,14H2/b6-4-. The third kappa shape index (κ3) is 4.23. The summed E-state index contributed by atoms with van der Waals surface area (Å²) >= 11 is 0. The number of ether oxygens (including phenoxy) is 1. The van der Waals surface area contributed by atoms with Crippen molar-refractivity contribution in [2.24, 2.45) is 5.73 Å². The largest absolute Gasteiger partial charge is 0.432 e. The molecule has 0 bridgehead atoms. The van der Waals surface area contributed by atoms with E-state index in [0.29, 0.717) is 5.69 Å². The van der Waals surface area contributed by atoms with E-state index in [1.54, 1.807) is 0 Å². The van der Waals surface area contributed by atoms with E-state index in [0.717, 1.165) is 12.1 Å². The molecule has 0 saturated heterocycles. The Labute approximate surface area is 95.5 Å². The average Bonchev–Trinajstić information content (AvgIpc) is 2.29. The quantitative estimate of drug-likeness (QED) is 0.741. The molecule has 0 aliphatic rings. The maximum atomic E-state index is 13.0. The fourth-order valence-electron chi connectivity index (χ4n) is 1.00. The smallest absolute Gasteiger partial charge is 0.387 e. The molecule has 0 heterocycles. The summed E-state index contributed by atoms with van der Waals surface area (Å²) in [5.74, 6) is -1.46. The van der Waals surface area contributed by atoms with E-state index in [9.17, 15) is 13.2 Å². The van der Waals surface area contributed by atoms with Crippen LogP contribution in [-0.2, 0) is 0 Å². The van der Waals surface area contributed by atoms with E-state index >= 15 is 0 Å². The Hall–Kier alpha value is -1.89. The van der Waals surface area contributed by atoms with Gasteiger partial charge in [0.15, 0.2) is 11.6 Å². The molecule has 0 spiro atoms. The Morgan fingerprint density at radius 2 is 2.24 bits per heavy atom. The summed E-state index contributed by atoms with van der Waals surface area (Å²) in [6.45, 7) is -3.45. The van der Waals surface area contributed by atoms with Crippen LogP contribution in [0.15, 0.2) is 30.1 Å². The van der Waals surface area contributed by atoms with Crippen molar-refractivity contribution in [1.29, 1.82) is 0 Å². The molecule has 0 aliphatic heterocycles. The van der Waals surface area contributed by atoms with Crippen LogP contribution in [0.3, 0.4) is 0 Å². The lowest BCUT2D eigenvalue weighted by molar-refractivity contribution is -0.0521. The van der Waals surface area contributed by atoms with Crippen molar-refractivity contribution in [1.82, 2.24) is 0 Å². The Balaban J connectivity index is 2.81. The molecule has 0 atom stereocenters. The van der Waals surface area contributed by atoms with Gasteiger partial charge >= 0.3 is 6.61 Å². The molecule has 1 aromatic rings. The summed E-state index contributed by atoms with van der Waals surface area (Å²) in [5, 5.41) is 11.2. The van der Waals surface area contributed by atoms with Crippen molar-refractivity contribution in [3.63, 3.8) is 0 Å². The number of alkyl halides is 2. The Kier molecular flexibility index (Phi) is 4.65. The first-order valence-corrected chi connectivity index (χ1v) is 4.59. The highest BCUT2D eigenvalue weighted by Crippen LogP contribution is 2.23. The maximum Gasteiger partial charge on any atom is 0.387 e. The number of halogens is 3. The molecule has 0 aromatic heterocycles. The second kappa shape index (κ2) is 6.00. The van der Waals surface area contributed by atoms with Gasteiger partial charge in [-0.1, -0.05) is 0 Å². The molecule has 94 valence electrons. The summed E-state index contributed by atoms with van der Waals surface area (Å²) in [5.41, 5.74) is 5.74. The molecule has 1 aromatic carbocycles. The lowest BCUT2D eigenvalue weighted by atomic mass is 10.3. The van der Waals surface area contributed by atoms with Gasteiger partial charge in [-0.3, -0.25) is 0 Å². The third-order valence-electron chi connectivity index (χ3n) is 1.75. The average molecular weight is 248 g/mol. The molecule has 4 nitrogen and oxygen atoms in total. The monoisotopic (exact) mass is 248 g/mol. The van der Waals surface area contributed by atoms with Crippen LogP contribution in [0.5, 0.6) is 5.75 Å². The lowest BCUT2D eigenvalue weighted by Gasteiger charge is -2.08. The van der Waals surface area contributed by atoms with Gasteiger partial charge in [-0.05, 0) is 12.1 Å². The van der Waals surface area contributed by atoms with E-state index in [1.807, 2.05) is 0 Å². The van der Waals surface area contributed by atoms with Gasteiger partial charge in [-0.2, -0.15) is 8.78 Å². The Morgan fingerprint density at radius 1 is 1.53 bits per heavy atom. The van der Waals surface area contributed by atoms with Crippen LogP contribution in [0.25, 0.3) is 0 Å². The highest BCUT2D eigenvalue weighted by atomic mass is 19.3. The minimum atomic E-state index is -3.10. The zero-order chi connectivity index (χ0) is 12.8. The van der Waals surface area contributed by atoms with Gasteiger partial charge in [0.05, 0.1) is 12.3 Å². The predicted octanol–water partition coefficient (Wildman–Crippen LogP) is 1.63. The fourth-order valence-corrected chi connectivity index (χ4v) is 1.00. The first-order valence-electron chi connectivity index (χ1n) is 4.59. The molecule has 0 unspecified atom stereocenters. The van der Waals surface area contributed by atoms with Crippen LogP contribution >= 0.6 is 0 Å². The first kappa shape index (κ1) is 13.2. The highest BCUT2D eigenvalue weighted by Gasteiger charge is 2.10. The van der Waals surface area contributed by atoms with Gasteiger partial charge in [-0.15, -0.1) is 0 Å². The molecule has 0 fully saturated rings. The van der Waals surface area contributed by atoms with Crippen molar-refractivity contribution in [3.8, 4) is 5.75 Å². The number of aliphatic hydroxyl groups excluding tert-OH is 1. The molecule has 0 aliphatic carbocycles. The molecule has 0 radical (unpaired) electrons. The maximum absolute atomic E-state index is 13.0. The van der Waals surface area contributed by atoms with Crippen LogP contribution in [0, 0.1) is 5.82 Å². The van der Waals surface area contributed by atoms with Crippen molar-refractivity contribution in [2.45, 2.75) is 6.61 Å². The molecule has 7 heteroatoms. The summed E-state index contributed by atoms with van der Waals surface area (Å²) < 4.78 is 40.9. The third-order valence-corrected chi connectivity index (χ3v) is 1.75. The summed E-state index contributed by atoms with van der Waals surface area (Å²) in [4.78, 5) is 0. The SMILES string of the molecule is N/C(=C\Nc1ccc(F)c(OC(F)F)c1)CO. The van der Waals surface area contributed by atoms with Crippen LogP contribution in [0.1, 0.15) is 0 Å². The Morgan fingerprint density at radius 3 is 2.82 bits per heavy atom. The number of nitrogens with two attached hydrogens (primary N) is 1. The van der Waals surface area contributed by atoms with E-state index in [4.69, 9.17) is 10.8 Å². The van der Waals surface area contributed by atoms with Crippen molar-refractivity contribution in [2.75, 3.05) is 11.9 Å². The second-order valence-electron chi connectivity index (χ2n) is 3.05. The van der Waals surface area contributed by atoms with Crippen molar-refractivity contribution in [3.05, 3.63) is 35.9 Å². The van der Waals surface area contributed by atoms with Crippen LogP contribution in [0.2, 0.25) is 0 Å². The van der Waals surface area contributed by atoms with Crippen molar-refractivity contribution >= 4 is 5.69 Å². The molecule has 4 N–H and O–H groups in total. The number of hydrogen-bond acceptors (Lipinski definition) is 4. The van der Waals surface area contributed by atoms with Gasteiger partial charge in [0, 0.05) is 18.0 Å². The van der Waals surface area contributed by atoms with E-state index in [2.05, 4.69) is 10.1 Å². The van der Waals surface area contributed by atoms with Gasteiger partial charge < -0.3 is 20.9 Å². The van der Waals surface area contributed by atoms with Crippen LogP contribution in [0.4, 0.5) is 18.9 Å². The molecule has 0 saturated carbocycles. The predicted molar refractivity (Wildman–Crippen MR) is 56.0 cm³/mol. The number of rotatable bonds is 5. The minimum absolute atomic E-state index is 0.144. The minimum Gasteiger partial charge on any atom is -0.432 e. The normalized spacial score (nSPS) is 11.7. The zero-order valence-electron chi connectivity index (χ0n) is 8.66. The second-order valence-corrected chi connectivity index (χ2v) is 3.05. The van der Waals surface area contributed by atoms with Gasteiger partial charge in [0.2, 0.25) is 0 Å². The highest BCUT2D eigenvalue weighted by molar-refractivity contribution is 5.50. The van der Waals surface area contributed by atoms with Crippen LogP contribution < -0.4 is 15.8 Å². The first-order chi connectivity index (χ1) is 8.02. The van der Waals surface area contributed by atoms with E-state index in [1.165, 1.54) is 12.3 Å². The van der Waals surface area contributed by atoms with Gasteiger partial charge in [0.1, 0.15) is 0 Å². The molecular weight excluding hydrogens is 237 g/mol. The van der Waals surface area contributed by atoms with E-state index < -0.39 is 18.2 Å². The van der Waals surface area contributed by atoms with Gasteiger partial charge in [-0.25, -0.2) is 4.39 Å². The Bertz CT molecular complexity index is 411. The number of nitrogens with one attached hydrogen (secondary N) is 1. The summed E-state index contributed by atoms with van der Waals surface area (Å²) in [6, 6.07) is 3.35. The number of hydrogen-bond donors (Lipinski definition) is 3. The van der Waals surface area contributed by atoms with Crippen molar-refractivity contribution < 1.29 is 23.0 Å². The number of aliphatic hydroxyl groups is 1.